The molecule has 3 aromatic rings. The van der Waals surface area contributed by atoms with Crippen LogP contribution in [0.2, 0.25) is 0 Å². The summed E-state index contributed by atoms with van der Waals surface area (Å²) in [5.41, 5.74) is 4.57. The molecular formula is C19H17NO2S. The van der Waals surface area contributed by atoms with E-state index in [1.165, 1.54) is 16.7 Å². The molecule has 0 amide bonds. The Morgan fingerprint density at radius 1 is 0.696 bits per heavy atom. The van der Waals surface area contributed by atoms with Crippen molar-refractivity contribution in [3.8, 4) is 11.1 Å². The molecule has 0 unspecified atom stereocenters. The topological polar surface area (TPSA) is 60.2 Å². The molecule has 116 valence electrons. The quantitative estimate of drug-likeness (QED) is 0.797. The lowest BCUT2D eigenvalue weighted by Crippen LogP contribution is -2.11. The molecule has 0 aliphatic carbocycles. The van der Waals surface area contributed by atoms with Gasteiger partial charge in [-0.25, -0.2) is 13.6 Å². The predicted molar refractivity (Wildman–Crippen MR) is 92.5 cm³/mol. The average molecular weight is 323 g/mol. The molecule has 0 radical (unpaired) electrons. The van der Waals surface area contributed by atoms with Crippen LogP contribution in [0.4, 0.5) is 0 Å². The number of sulfonamides is 1. The highest BCUT2D eigenvalue weighted by Crippen LogP contribution is 2.21. The lowest BCUT2D eigenvalue weighted by molar-refractivity contribution is 0.598. The summed E-state index contributed by atoms with van der Waals surface area (Å²) in [5.74, 6) is 0. The van der Waals surface area contributed by atoms with E-state index in [2.05, 4.69) is 30.3 Å². The van der Waals surface area contributed by atoms with Gasteiger partial charge in [0.25, 0.3) is 0 Å². The van der Waals surface area contributed by atoms with Gasteiger partial charge in [-0.15, -0.1) is 0 Å². The standard InChI is InChI=1S/C19H17NO2S/c20-23(21,22)19-11-9-15(10-12-19)13-16-5-4-8-18(14-16)17-6-2-1-3-7-17/h1-12,14H,13H2,(H2,20,21,22). The predicted octanol–water partition coefficient (Wildman–Crippen LogP) is 3.59. The van der Waals surface area contributed by atoms with E-state index in [0.717, 1.165) is 12.0 Å². The van der Waals surface area contributed by atoms with E-state index in [1.54, 1.807) is 24.3 Å². The molecule has 0 bridgehead atoms. The molecule has 2 N–H and O–H groups in total. The van der Waals surface area contributed by atoms with Crippen LogP contribution in [0.25, 0.3) is 11.1 Å². The average Bonchev–Trinajstić information content (AvgIpc) is 2.56. The highest BCUT2D eigenvalue weighted by atomic mass is 32.2. The minimum Gasteiger partial charge on any atom is -0.225 e. The molecule has 0 aliphatic heterocycles. The Bertz CT molecular complexity index is 902. The smallest absolute Gasteiger partial charge is 0.225 e. The van der Waals surface area contributed by atoms with E-state index in [9.17, 15) is 8.42 Å². The molecule has 0 aliphatic rings. The van der Waals surface area contributed by atoms with Crippen LogP contribution in [0.3, 0.4) is 0 Å². The Balaban J connectivity index is 1.84. The number of nitrogens with two attached hydrogens (primary N) is 1. The first-order valence-electron chi connectivity index (χ1n) is 7.28. The van der Waals surface area contributed by atoms with Gasteiger partial charge in [0, 0.05) is 0 Å². The van der Waals surface area contributed by atoms with E-state index < -0.39 is 10.0 Å². The maximum Gasteiger partial charge on any atom is 0.238 e. The Morgan fingerprint density at radius 3 is 2.00 bits per heavy atom. The van der Waals surface area contributed by atoms with Crippen molar-refractivity contribution in [1.82, 2.24) is 0 Å². The Hall–Kier alpha value is -2.43. The minimum absolute atomic E-state index is 0.138. The summed E-state index contributed by atoms with van der Waals surface area (Å²) in [7, 11) is -3.64. The van der Waals surface area contributed by atoms with Crippen LogP contribution in [0.1, 0.15) is 11.1 Å². The summed E-state index contributed by atoms with van der Waals surface area (Å²) in [6.07, 6.45) is 0.742. The van der Waals surface area contributed by atoms with Crippen molar-refractivity contribution < 1.29 is 8.42 Å². The first kappa shape index (κ1) is 15.5. The van der Waals surface area contributed by atoms with Gasteiger partial charge < -0.3 is 0 Å². The number of benzene rings is 3. The Labute approximate surface area is 136 Å². The molecule has 4 heteroatoms. The molecule has 0 saturated heterocycles. The third-order valence-corrected chi connectivity index (χ3v) is 4.62. The van der Waals surface area contributed by atoms with Crippen LogP contribution in [0.5, 0.6) is 0 Å². The van der Waals surface area contributed by atoms with Gasteiger partial charge in [0.1, 0.15) is 0 Å². The molecule has 3 rings (SSSR count). The second kappa shape index (κ2) is 6.36. The minimum atomic E-state index is -3.64. The van der Waals surface area contributed by atoms with Crippen molar-refractivity contribution in [3.63, 3.8) is 0 Å². The molecule has 0 heterocycles. The largest absolute Gasteiger partial charge is 0.238 e. The van der Waals surface area contributed by atoms with E-state index >= 15 is 0 Å². The second-order valence-electron chi connectivity index (χ2n) is 5.43. The van der Waals surface area contributed by atoms with Gasteiger partial charge in [-0.05, 0) is 40.8 Å². The number of hydrogen-bond donors (Lipinski definition) is 1. The van der Waals surface area contributed by atoms with E-state index in [-0.39, 0.29) is 4.90 Å². The van der Waals surface area contributed by atoms with Gasteiger partial charge in [-0.1, -0.05) is 66.7 Å². The van der Waals surface area contributed by atoms with Crippen LogP contribution in [-0.2, 0) is 16.4 Å². The van der Waals surface area contributed by atoms with Crippen molar-refractivity contribution in [2.75, 3.05) is 0 Å². The summed E-state index contributed by atoms with van der Waals surface area (Å²) in [6, 6.07) is 25.3. The zero-order valence-corrected chi connectivity index (χ0v) is 13.3. The van der Waals surface area contributed by atoms with Crippen LogP contribution >= 0.6 is 0 Å². The summed E-state index contributed by atoms with van der Waals surface area (Å²) in [5, 5.41) is 5.12. The molecule has 0 spiro atoms. The van der Waals surface area contributed by atoms with Gasteiger partial charge in [-0.3, -0.25) is 0 Å². The van der Waals surface area contributed by atoms with Crippen molar-refractivity contribution in [3.05, 3.63) is 90.0 Å². The highest BCUT2D eigenvalue weighted by Gasteiger charge is 2.07. The molecule has 3 aromatic carbocycles. The number of hydrogen-bond acceptors (Lipinski definition) is 2. The van der Waals surface area contributed by atoms with Crippen LogP contribution in [-0.4, -0.2) is 8.42 Å². The summed E-state index contributed by atoms with van der Waals surface area (Å²) < 4.78 is 22.6. The molecule has 0 fully saturated rings. The van der Waals surface area contributed by atoms with Crippen molar-refractivity contribution in [2.24, 2.45) is 5.14 Å². The van der Waals surface area contributed by atoms with Crippen LogP contribution in [0, 0.1) is 0 Å². The fourth-order valence-electron chi connectivity index (χ4n) is 2.52. The number of rotatable bonds is 4. The zero-order valence-electron chi connectivity index (χ0n) is 12.5. The first-order valence-corrected chi connectivity index (χ1v) is 8.83. The summed E-state index contributed by atoms with van der Waals surface area (Å²) >= 11 is 0. The lowest BCUT2D eigenvalue weighted by Gasteiger charge is -2.07. The Morgan fingerprint density at radius 2 is 1.35 bits per heavy atom. The third kappa shape index (κ3) is 3.86. The summed E-state index contributed by atoms with van der Waals surface area (Å²) in [4.78, 5) is 0.138. The van der Waals surface area contributed by atoms with Gasteiger partial charge in [0.05, 0.1) is 4.90 Å². The van der Waals surface area contributed by atoms with Crippen LogP contribution in [0.15, 0.2) is 83.8 Å². The van der Waals surface area contributed by atoms with E-state index in [4.69, 9.17) is 5.14 Å². The lowest BCUT2D eigenvalue weighted by atomic mass is 9.99. The van der Waals surface area contributed by atoms with Crippen molar-refractivity contribution >= 4 is 10.0 Å². The molecule has 0 aromatic heterocycles. The fraction of sp³-hybridized carbons (Fsp3) is 0.0526. The van der Waals surface area contributed by atoms with Crippen molar-refractivity contribution in [2.45, 2.75) is 11.3 Å². The highest BCUT2D eigenvalue weighted by molar-refractivity contribution is 7.89. The third-order valence-electron chi connectivity index (χ3n) is 3.69. The summed E-state index contributed by atoms with van der Waals surface area (Å²) in [6.45, 7) is 0. The van der Waals surface area contributed by atoms with Gasteiger partial charge in [0.15, 0.2) is 0 Å². The SMILES string of the molecule is NS(=O)(=O)c1ccc(Cc2cccc(-c3ccccc3)c2)cc1. The molecule has 0 saturated carbocycles. The molecular weight excluding hydrogens is 306 g/mol. The van der Waals surface area contributed by atoms with E-state index in [0.29, 0.717) is 0 Å². The normalized spacial score (nSPS) is 11.3. The zero-order chi connectivity index (χ0) is 16.3. The molecule has 23 heavy (non-hydrogen) atoms. The Kier molecular flexibility index (Phi) is 4.28. The number of primary sulfonamides is 1. The molecule has 0 atom stereocenters. The molecule has 3 nitrogen and oxygen atoms in total. The first-order chi connectivity index (χ1) is 11.0. The fourth-order valence-corrected chi connectivity index (χ4v) is 3.04. The second-order valence-corrected chi connectivity index (χ2v) is 6.99. The maximum atomic E-state index is 11.3. The monoisotopic (exact) mass is 323 g/mol. The van der Waals surface area contributed by atoms with Crippen molar-refractivity contribution in [1.29, 1.82) is 0 Å². The van der Waals surface area contributed by atoms with Gasteiger partial charge in [-0.2, -0.15) is 0 Å². The van der Waals surface area contributed by atoms with Gasteiger partial charge >= 0.3 is 0 Å². The van der Waals surface area contributed by atoms with Crippen LogP contribution < -0.4 is 5.14 Å². The maximum absolute atomic E-state index is 11.3. The van der Waals surface area contributed by atoms with Gasteiger partial charge in [0.2, 0.25) is 10.0 Å². The van der Waals surface area contributed by atoms with E-state index in [1.807, 2.05) is 24.3 Å².